The lowest BCUT2D eigenvalue weighted by Gasteiger charge is -2.00. The third-order valence-electron chi connectivity index (χ3n) is 3.82. The molecule has 0 aliphatic carbocycles. The Bertz CT molecular complexity index is 937. The number of hydrogen-bond acceptors (Lipinski definition) is 3. The van der Waals surface area contributed by atoms with E-state index in [0.29, 0.717) is 6.42 Å². The van der Waals surface area contributed by atoms with Gasteiger partial charge in [0.05, 0.1) is 5.69 Å². The summed E-state index contributed by atoms with van der Waals surface area (Å²) >= 11 is 0. The average molecular weight is 377 g/mol. The molecule has 0 radical (unpaired) electrons. The molecule has 0 spiro atoms. The molecular formula is C23H28N4O. The maximum atomic E-state index is 9.63. The van der Waals surface area contributed by atoms with Crippen LogP contribution in [-0.2, 0) is 4.79 Å². The molecule has 0 fully saturated rings. The van der Waals surface area contributed by atoms with Crippen molar-refractivity contribution >= 4 is 24.5 Å². The molecule has 0 amide bonds. The van der Waals surface area contributed by atoms with E-state index in [4.69, 9.17) is 4.98 Å². The van der Waals surface area contributed by atoms with E-state index in [1.54, 1.807) is 7.05 Å². The predicted octanol–water partition coefficient (Wildman–Crippen LogP) is 5.03. The number of aromatic nitrogens is 2. The van der Waals surface area contributed by atoms with Gasteiger partial charge in [0.1, 0.15) is 18.3 Å². The summed E-state index contributed by atoms with van der Waals surface area (Å²) in [6, 6.07) is 12.7. The Morgan fingerprint density at radius 3 is 2.29 bits per heavy atom. The van der Waals surface area contributed by atoms with Crippen molar-refractivity contribution < 1.29 is 4.79 Å². The number of aryl methyl sites for hydroxylation is 3. The smallest absolute Gasteiger partial charge is 0.137 e. The molecule has 0 unspecified atom stereocenters. The maximum absolute atomic E-state index is 9.63. The molecule has 2 heterocycles. The Morgan fingerprint density at radius 1 is 1.04 bits per heavy atom. The lowest BCUT2D eigenvalue weighted by molar-refractivity contribution is -0.106. The fourth-order valence-corrected chi connectivity index (χ4v) is 2.47. The maximum Gasteiger partial charge on any atom is 0.137 e. The van der Waals surface area contributed by atoms with Gasteiger partial charge in [-0.3, -0.25) is 4.99 Å². The molecule has 146 valence electrons. The summed E-state index contributed by atoms with van der Waals surface area (Å²) < 4.78 is 2.16. The van der Waals surface area contributed by atoms with Crippen LogP contribution in [0.4, 0.5) is 0 Å². The van der Waals surface area contributed by atoms with Crippen molar-refractivity contribution in [3.05, 3.63) is 72.6 Å². The summed E-state index contributed by atoms with van der Waals surface area (Å²) in [5.74, 6) is 0. The fourth-order valence-electron chi connectivity index (χ4n) is 2.47. The van der Waals surface area contributed by atoms with Gasteiger partial charge >= 0.3 is 0 Å². The van der Waals surface area contributed by atoms with Gasteiger partial charge in [0.25, 0.3) is 0 Å². The van der Waals surface area contributed by atoms with E-state index in [2.05, 4.69) is 90.9 Å². The third-order valence-corrected chi connectivity index (χ3v) is 3.82. The summed E-state index contributed by atoms with van der Waals surface area (Å²) in [7, 11) is 1.62. The van der Waals surface area contributed by atoms with Gasteiger partial charge in [-0.05, 0) is 32.4 Å². The molecule has 5 nitrogen and oxygen atoms in total. The first-order valence-electron chi connectivity index (χ1n) is 8.95. The zero-order chi connectivity index (χ0) is 20.9. The average Bonchev–Trinajstić information content (AvgIpc) is 3.04. The van der Waals surface area contributed by atoms with Crippen LogP contribution in [0.25, 0.3) is 16.9 Å². The van der Waals surface area contributed by atoms with Gasteiger partial charge in [0.2, 0.25) is 0 Å². The van der Waals surface area contributed by atoms with E-state index in [9.17, 15) is 4.79 Å². The molecule has 3 rings (SSSR count). The predicted molar refractivity (Wildman–Crippen MR) is 120 cm³/mol. The SMILES string of the molecule is C=C.CN=CN=CCC=O.Cc1ccc(-c2nc3ccc(C)cn3c2C)cc1. The molecule has 0 bridgehead atoms. The van der Waals surface area contributed by atoms with Crippen LogP contribution in [0, 0.1) is 20.8 Å². The van der Waals surface area contributed by atoms with Crippen LogP contribution in [0.2, 0.25) is 0 Å². The fraction of sp³-hybridized carbons (Fsp3) is 0.217. The Hall–Kier alpha value is -3.34. The number of aldehydes is 1. The van der Waals surface area contributed by atoms with Gasteiger partial charge in [-0.25, -0.2) is 9.98 Å². The van der Waals surface area contributed by atoms with Crippen molar-refractivity contribution in [1.82, 2.24) is 9.38 Å². The molecule has 0 aliphatic rings. The third kappa shape index (κ3) is 6.43. The topological polar surface area (TPSA) is 59.1 Å². The van der Waals surface area contributed by atoms with E-state index in [1.165, 1.54) is 34.9 Å². The second-order valence-corrected chi connectivity index (χ2v) is 5.95. The number of nitrogens with zero attached hydrogens (tertiary/aromatic N) is 4. The minimum Gasteiger partial charge on any atom is -0.303 e. The summed E-state index contributed by atoms with van der Waals surface area (Å²) in [6.45, 7) is 12.3. The van der Waals surface area contributed by atoms with Gasteiger partial charge in [-0.1, -0.05) is 35.9 Å². The minimum atomic E-state index is 0.367. The van der Waals surface area contributed by atoms with Crippen LogP contribution in [0.1, 0.15) is 23.2 Å². The quantitative estimate of drug-likeness (QED) is 0.277. The van der Waals surface area contributed by atoms with Crippen LogP contribution < -0.4 is 0 Å². The van der Waals surface area contributed by atoms with E-state index >= 15 is 0 Å². The van der Waals surface area contributed by atoms with Gasteiger partial charge in [-0.15, -0.1) is 13.2 Å². The van der Waals surface area contributed by atoms with Crippen LogP contribution >= 0.6 is 0 Å². The number of rotatable bonds is 4. The molecule has 0 aliphatic heterocycles. The zero-order valence-electron chi connectivity index (χ0n) is 17.1. The van der Waals surface area contributed by atoms with E-state index in [0.717, 1.165) is 17.6 Å². The summed E-state index contributed by atoms with van der Waals surface area (Å²) in [6.07, 6.45) is 6.18. The van der Waals surface area contributed by atoms with Crippen molar-refractivity contribution in [2.45, 2.75) is 27.2 Å². The van der Waals surface area contributed by atoms with E-state index in [1.807, 2.05) is 0 Å². The molecular weight excluding hydrogens is 348 g/mol. The first-order valence-corrected chi connectivity index (χ1v) is 8.95. The second kappa shape index (κ2) is 12.1. The zero-order valence-corrected chi connectivity index (χ0v) is 17.1. The Balaban J connectivity index is 0.000000334. The normalized spacial score (nSPS) is 10.4. The number of carbonyl (C=O) groups is 1. The second-order valence-electron chi connectivity index (χ2n) is 5.95. The number of imidazole rings is 1. The Labute approximate surface area is 167 Å². The van der Waals surface area contributed by atoms with Crippen LogP contribution in [0.15, 0.2) is 65.7 Å². The van der Waals surface area contributed by atoms with Crippen LogP contribution in [-0.4, -0.2) is 35.3 Å². The van der Waals surface area contributed by atoms with Crippen molar-refractivity contribution in [2.75, 3.05) is 7.05 Å². The highest BCUT2D eigenvalue weighted by atomic mass is 16.1. The highest BCUT2D eigenvalue weighted by Gasteiger charge is 2.09. The van der Waals surface area contributed by atoms with Crippen molar-refractivity contribution in [3.8, 4) is 11.3 Å². The monoisotopic (exact) mass is 376 g/mol. The van der Waals surface area contributed by atoms with Crippen molar-refractivity contribution in [2.24, 2.45) is 9.98 Å². The van der Waals surface area contributed by atoms with Gasteiger partial charge in [0, 0.05) is 37.1 Å². The van der Waals surface area contributed by atoms with Gasteiger partial charge < -0.3 is 9.20 Å². The molecule has 5 heteroatoms. The Kier molecular flexibility index (Phi) is 9.83. The summed E-state index contributed by atoms with van der Waals surface area (Å²) in [5.41, 5.74) is 6.97. The molecule has 0 saturated heterocycles. The first-order chi connectivity index (χ1) is 13.6. The lowest BCUT2D eigenvalue weighted by Crippen LogP contribution is -1.88. The van der Waals surface area contributed by atoms with Crippen molar-refractivity contribution in [3.63, 3.8) is 0 Å². The summed E-state index contributed by atoms with van der Waals surface area (Å²) in [5, 5.41) is 0. The number of aliphatic imine (C=N–C) groups is 2. The van der Waals surface area contributed by atoms with Crippen molar-refractivity contribution in [1.29, 1.82) is 0 Å². The number of hydrogen-bond donors (Lipinski definition) is 0. The molecule has 3 aromatic rings. The van der Waals surface area contributed by atoms with Gasteiger partial charge in [-0.2, -0.15) is 0 Å². The molecule has 0 saturated carbocycles. The molecule has 0 N–H and O–H groups in total. The number of fused-ring (bicyclic) bond motifs is 1. The summed E-state index contributed by atoms with van der Waals surface area (Å²) in [4.78, 5) is 21.5. The lowest BCUT2D eigenvalue weighted by atomic mass is 10.1. The number of pyridine rings is 1. The molecule has 0 atom stereocenters. The highest BCUT2D eigenvalue weighted by Crippen LogP contribution is 2.24. The number of carbonyl (C=O) groups excluding carboxylic acids is 1. The highest BCUT2D eigenvalue weighted by molar-refractivity contribution is 5.81. The molecule has 2 aromatic heterocycles. The standard InChI is InChI=1S/C16H16N2.C5H8N2O.C2H4/c1-11-4-7-14(8-5-11)16-13(3)18-10-12(2)6-9-15(18)17-16;1-6-5-7-3-2-4-8;1-2/h4-10H,1-3H3;3-5H,2H2,1H3;1-2H2. The largest absolute Gasteiger partial charge is 0.303 e. The Morgan fingerprint density at radius 2 is 1.68 bits per heavy atom. The van der Waals surface area contributed by atoms with E-state index < -0.39 is 0 Å². The first kappa shape index (κ1) is 22.7. The van der Waals surface area contributed by atoms with Crippen LogP contribution in [0.5, 0.6) is 0 Å². The molecule has 1 aromatic carbocycles. The number of benzene rings is 1. The minimum absolute atomic E-state index is 0.367. The van der Waals surface area contributed by atoms with Gasteiger partial charge in [0.15, 0.2) is 0 Å². The molecule has 28 heavy (non-hydrogen) atoms. The van der Waals surface area contributed by atoms with Crippen LogP contribution in [0.3, 0.4) is 0 Å². The van der Waals surface area contributed by atoms with E-state index in [-0.39, 0.29) is 0 Å².